The van der Waals surface area contributed by atoms with Crippen LogP contribution in [0.15, 0.2) is 352 Å². The molecule has 0 aliphatic carbocycles. The van der Waals surface area contributed by atoms with Gasteiger partial charge in [0.1, 0.15) is 0 Å². The van der Waals surface area contributed by atoms with E-state index < -0.39 is 0 Å². The number of thiophene rings is 1. The van der Waals surface area contributed by atoms with Crippen LogP contribution in [0.3, 0.4) is 0 Å². The van der Waals surface area contributed by atoms with Crippen LogP contribution in [-0.4, -0.2) is 9.13 Å². The molecule has 3 aromatic heterocycles. The average molecular weight is 1200 g/mol. The van der Waals surface area contributed by atoms with Crippen LogP contribution in [0.1, 0.15) is 0 Å². The molecular weight excluding hydrogens is 1140 g/mol. The van der Waals surface area contributed by atoms with Gasteiger partial charge in [0.05, 0.1) is 38.1 Å². The van der Waals surface area contributed by atoms with Gasteiger partial charge in [-0.3, -0.25) is 0 Å². The monoisotopic (exact) mass is 1200 g/mol. The average Bonchev–Trinajstić information content (AvgIpc) is 1.66. The van der Waals surface area contributed by atoms with E-state index >= 15 is 0 Å². The largest absolute Gasteiger partial charge is 0.309 e. The highest BCUT2D eigenvalue weighted by Gasteiger charge is 2.24. The predicted molar refractivity (Wildman–Crippen MR) is 397 cm³/mol. The van der Waals surface area contributed by atoms with Crippen LogP contribution in [0.5, 0.6) is 0 Å². The smallest absolute Gasteiger partial charge is 0.0640 e. The topological polar surface area (TPSA) is 9.86 Å². The van der Waals surface area contributed by atoms with Gasteiger partial charge in [0.2, 0.25) is 0 Å². The highest BCUT2D eigenvalue weighted by atomic mass is 32.1. The van der Waals surface area contributed by atoms with Gasteiger partial charge in [-0.2, -0.15) is 0 Å². The summed E-state index contributed by atoms with van der Waals surface area (Å²) in [5.41, 5.74) is 28.6. The number of rotatable bonds is 11. The van der Waals surface area contributed by atoms with E-state index in [9.17, 15) is 0 Å². The van der Waals surface area contributed by atoms with Gasteiger partial charge in [-0.05, 0) is 150 Å². The maximum absolute atomic E-state index is 2.53. The van der Waals surface area contributed by atoms with Crippen molar-refractivity contribution >= 4 is 75.1 Å². The lowest BCUT2D eigenvalue weighted by Gasteiger charge is -2.15. The Morgan fingerprint density at radius 2 is 0.419 bits per heavy atom. The maximum atomic E-state index is 2.53. The first-order chi connectivity index (χ1) is 46.2. The van der Waals surface area contributed by atoms with Gasteiger partial charge in [-0.15, -0.1) is 11.3 Å². The van der Waals surface area contributed by atoms with Crippen molar-refractivity contribution in [2.75, 3.05) is 0 Å². The summed E-state index contributed by atoms with van der Waals surface area (Å²) in [6.45, 7) is 0. The minimum Gasteiger partial charge on any atom is -0.309 e. The lowest BCUT2D eigenvalue weighted by Crippen LogP contribution is -1.97. The van der Waals surface area contributed by atoms with Crippen LogP contribution in [0, 0.1) is 0 Å². The summed E-state index contributed by atoms with van der Waals surface area (Å²) in [6.07, 6.45) is 0. The minimum atomic E-state index is 1.13. The molecule has 93 heavy (non-hydrogen) atoms. The van der Waals surface area contributed by atoms with Crippen molar-refractivity contribution in [3.05, 3.63) is 352 Å². The molecule has 0 bridgehead atoms. The number of aromatic nitrogens is 2. The summed E-state index contributed by atoms with van der Waals surface area (Å²) < 4.78 is 7.56. The zero-order valence-corrected chi connectivity index (χ0v) is 51.6. The summed E-state index contributed by atoms with van der Waals surface area (Å²) in [7, 11) is 0. The Balaban J connectivity index is 0.830. The molecule has 3 heteroatoms. The summed E-state index contributed by atoms with van der Waals surface area (Å²) in [6, 6.07) is 130. The van der Waals surface area contributed by atoms with Crippen molar-refractivity contribution in [2.24, 2.45) is 0 Å². The molecule has 0 amide bonds. The zero-order valence-electron chi connectivity index (χ0n) is 50.8. The van der Waals surface area contributed by atoms with Crippen LogP contribution < -0.4 is 0 Å². The number of nitrogens with zero attached hydrogens (tertiary/aromatic N) is 2. The molecule has 0 aliphatic rings. The molecule has 3 heterocycles. The van der Waals surface area contributed by atoms with E-state index in [2.05, 4.69) is 361 Å². The third-order valence-corrected chi connectivity index (χ3v) is 20.3. The number of hydrogen-bond donors (Lipinski definition) is 0. The molecule has 0 spiro atoms. The van der Waals surface area contributed by atoms with Crippen molar-refractivity contribution in [1.29, 1.82) is 0 Å². The van der Waals surface area contributed by atoms with E-state index in [-0.39, 0.29) is 0 Å². The van der Waals surface area contributed by atoms with E-state index in [0.29, 0.717) is 0 Å². The summed E-state index contributed by atoms with van der Waals surface area (Å²) in [4.78, 5) is 0. The van der Waals surface area contributed by atoms with E-state index in [0.717, 1.165) is 16.7 Å². The van der Waals surface area contributed by atoms with Gasteiger partial charge in [0, 0.05) is 48.1 Å². The van der Waals surface area contributed by atoms with Crippen LogP contribution in [0.2, 0.25) is 0 Å². The van der Waals surface area contributed by atoms with Crippen molar-refractivity contribution in [3.63, 3.8) is 0 Å². The standard InChI is InChI=1S/C90H58N2S/c1-5-25-59(26-6-1)67-33-13-17-37-71(67)63-47-51-84-79(55-63)80-56-64(72-38-18-14-34-68(72)60-27-7-2-8-28-60)48-52-85(80)91(84)83-45-22-21-41-75(83)76-42-23-43-77-78-44-24-46-88(90(78)93-89(76)77)92-86-53-49-65(73-39-19-15-35-69(73)61-29-9-3-10-30-61)57-81(86)82-58-66(50-54-87(82)92)74-40-20-16-36-70(74)62-31-11-4-12-32-62/h1-58H. The Labute approximate surface area is 544 Å². The second kappa shape index (κ2) is 22.6. The zero-order chi connectivity index (χ0) is 61.3. The molecule has 2 nitrogen and oxygen atoms in total. The van der Waals surface area contributed by atoms with Crippen LogP contribution >= 0.6 is 11.3 Å². The van der Waals surface area contributed by atoms with Crippen molar-refractivity contribution in [3.8, 4) is 112 Å². The molecule has 18 aromatic rings. The Bertz CT molecular complexity index is 5630. The Kier molecular flexibility index (Phi) is 13.1. The third-order valence-electron chi connectivity index (χ3n) is 19.0. The fourth-order valence-electron chi connectivity index (χ4n) is 14.7. The number of para-hydroxylation sites is 1. The Hall–Kier alpha value is -11.9. The molecule has 0 aliphatic heterocycles. The molecule has 18 rings (SSSR count). The highest BCUT2D eigenvalue weighted by molar-refractivity contribution is 7.26. The van der Waals surface area contributed by atoms with Gasteiger partial charge in [-0.1, -0.05) is 291 Å². The van der Waals surface area contributed by atoms with Gasteiger partial charge in [0.25, 0.3) is 0 Å². The number of hydrogen-bond acceptors (Lipinski definition) is 1. The Morgan fingerprint density at radius 1 is 0.161 bits per heavy atom. The first-order valence-corrected chi connectivity index (χ1v) is 32.8. The molecule has 0 radical (unpaired) electrons. The first-order valence-electron chi connectivity index (χ1n) is 32.0. The van der Waals surface area contributed by atoms with E-state index in [1.54, 1.807) is 0 Å². The lowest BCUT2D eigenvalue weighted by molar-refractivity contribution is 1.18. The van der Waals surface area contributed by atoms with Crippen LogP contribution in [0.25, 0.3) is 175 Å². The summed E-state index contributed by atoms with van der Waals surface area (Å²) in [5, 5.41) is 7.32. The molecule has 0 unspecified atom stereocenters. The van der Waals surface area contributed by atoms with Crippen LogP contribution in [0.4, 0.5) is 0 Å². The highest BCUT2D eigenvalue weighted by Crippen LogP contribution is 2.49. The molecule has 0 fully saturated rings. The lowest BCUT2D eigenvalue weighted by atomic mass is 9.92. The predicted octanol–water partition coefficient (Wildman–Crippen LogP) is 25.3. The number of fused-ring (bicyclic) bond motifs is 9. The first kappa shape index (κ1) is 54.1. The molecule has 0 saturated heterocycles. The van der Waals surface area contributed by atoms with Gasteiger partial charge in [-0.25, -0.2) is 0 Å². The van der Waals surface area contributed by atoms with E-state index in [4.69, 9.17) is 0 Å². The van der Waals surface area contributed by atoms with Crippen LogP contribution in [-0.2, 0) is 0 Å². The number of benzene rings is 15. The normalized spacial score (nSPS) is 11.7. The quantitative estimate of drug-likeness (QED) is 0.122. The van der Waals surface area contributed by atoms with Gasteiger partial charge < -0.3 is 9.13 Å². The van der Waals surface area contributed by atoms with Crippen molar-refractivity contribution < 1.29 is 0 Å². The third kappa shape index (κ3) is 9.15. The molecule has 0 atom stereocenters. The van der Waals surface area contributed by atoms with E-state index in [1.807, 2.05) is 11.3 Å². The molecule has 0 saturated carbocycles. The maximum Gasteiger partial charge on any atom is 0.0640 e. The summed E-state index contributed by atoms with van der Waals surface area (Å²) in [5.74, 6) is 0. The molecule has 0 N–H and O–H groups in total. The van der Waals surface area contributed by atoms with Gasteiger partial charge in [0.15, 0.2) is 0 Å². The molecular formula is C90H58N2S. The molecule has 15 aromatic carbocycles. The second-order valence-corrected chi connectivity index (χ2v) is 25.2. The minimum absolute atomic E-state index is 1.13. The fraction of sp³-hybridized carbons (Fsp3) is 0. The van der Waals surface area contributed by atoms with Crippen molar-refractivity contribution in [1.82, 2.24) is 9.13 Å². The fourth-order valence-corrected chi connectivity index (χ4v) is 16.1. The van der Waals surface area contributed by atoms with E-state index in [1.165, 1.54) is 159 Å². The van der Waals surface area contributed by atoms with Crippen molar-refractivity contribution in [2.45, 2.75) is 0 Å². The molecule has 434 valence electrons. The summed E-state index contributed by atoms with van der Waals surface area (Å²) >= 11 is 1.91. The van der Waals surface area contributed by atoms with Gasteiger partial charge >= 0.3 is 0 Å². The SMILES string of the molecule is c1ccc(-c2ccccc2-c2ccc3c(c2)c2cc(-c4ccccc4-c4ccccc4)ccc2n3-c2ccccc2-c2cccc3c2sc2c(-n4c5ccc(-c6ccccc6-c6ccccc6)cc5c5cc(-c6ccccc6-c6ccccc6)ccc54)cccc23)cc1. The second-order valence-electron chi connectivity index (χ2n) is 24.2. The Morgan fingerprint density at radius 3 is 0.774 bits per heavy atom.